The number of rotatable bonds is 7. The molecule has 1 spiro atoms. The van der Waals surface area contributed by atoms with Crippen LogP contribution in [0.2, 0.25) is 0 Å². The van der Waals surface area contributed by atoms with Crippen LogP contribution in [-0.2, 0) is 25.7 Å². The minimum absolute atomic E-state index is 0.0247. The third kappa shape index (κ3) is 4.79. The maximum atomic E-state index is 14.4. The quantitative estimate of drug-likeness (QED) is 0.476. The van der Waals surface area contributed by atoms with Gasteiger partial charge in [-0.05, 0) is 73.1 Å². The molecule has 1 aliphatic carbocycles. The first-order valence-electron chi connectivity index (χ1n) is 15.1. The van der Waals surface area contributed by atoms with E-state index in [1.807, 2.05) is 68.5 Å². The molecule has 0 aromatic heterocycles. The fourth-order valence-electron chi connectivity index (χ4n) is 7.73. The van der Waals surface area contributed by atoms with Crippen molar-refractivity contribution in [3.63, 3.8) is 0 Å². The number of anilines is 1. The Balaban J connectivity index is 1.34. The molecule has 0 unspecified atom stereocenters. The van der Waals surface area contributed by atoms with Crippen LogP contribution in [0.25, 0.3) is 0 Å². The van der Waals surface area contributed by atoms with Gasteiger partial charge in [-0.15, -0.1) is 0 Å². The number of aryl methyl sites for hydroxylation is 2. The van der Waals surface area contributed by atoms with Crippen molar-refractivity contribution in [2.75, 3.05) is 12.4 Å². The van der Waals surface area contributed by atoms with Crippen LogP contribution in [0.15, 0.2) is 54.6 Å². The lowest BCUT2D eigenvalue weighted by Crippen LogP contribution is -2.57. The van der Waals surface area contributed by atoms with Crippen LogP contribution >= 0.6 is 0 Å². The van der Waals surface area contributed by atoms with Crippen LogP contribution in [0.5, 0.6) is 5.75 Å². The van der Waals surface area contributed by atoms with Gasteiger partial charge < -0.3 is 25.0 Å². The van der Waals surface area contributed by atoms with E-state index in [1.54, 1.807) is 12.0 Å². The monoisotopic (exact) mass is 571 g/mol. The van der Waals surface area contributed by atoms with Gasteiger partial charge in [0.1, 0.15) is 17.4 Å². The van der Waals surface area contributed by atoms with E-state index in [0.717, 1.165) is 36.0 Å². The van der Waals surface area contributed by atoms with Crippen molar-refractivity contribution in [1.29, 1.82) is 0 Å². The Hall–Kier alpha value is -3.65. The third-order valence-corrected chi connectivity index (χ3v) is 9.94. The molecule has 3 fully saturated rings. The summed E-state index contributed by atoms with van der Waals surface area (Å²) in [5.74, 6) is -0.781. The SMILES string of the molecule is COc1cccc(CN2C(=O)[C@H]3[C@H](C(=O)Nc4cc(C)cc(C)c4)[C@H]4C=C[C@@]3(O4)[C@@H]2C(=O)N[C@@H]2CCC[C@H](C)[C@H]2C)c1. The fraction of sp³-hybridized carbons (Fsp3) is 0.500. The summed E-state index contributed by atoms with van der Waals surface area (Å²) in [6, 6.07) is 12.5. The topological polar surface area (TPSA) is 97.0 Å². The maximum Gasteiger partial charge on any atom is 0.246 e. The molecular weight excluding hydrogens is 530 g/mol. The van der Waals surface area contributed by atoms with E-state index < -0.39 is 29.6 Å². The van der Waals surface area contributed by atoms with E-state index in [2.05, 4.69) is 24.5 Å². The first kappa shape index (κ1) is 28.5. The second kappa shape index (κ2) is 10.9. The van der Waals surface area contributed by atoms with Crippen LogP contribution in [-0.4, -0.2) is 53.5 Å². The van der Waals surface area contributed by atoms with Crippen molar-refractivity contribution in [1.82, 2.24) is 10.2 Å². The second-order valence-corrected chi connectivity index (χ2v) is 12.8. The van der Waals surface area contributed by atoms with Crippen LogP contribution in [0, 0.1) is 37.5 Å². The number of amides is 3. The highest BCUT2D eigenvalue weighted by atomic mass is 16.5. The zero-order valence-corrected chi connectivity index (χ0v) is 25.1. The van der Waals surface area contributed by atoms with Crippen molar-refractivity contribution >= 4 is 23.4 Å². The normalized spacial score (nSPS) is 33.0. The molecule has 222 valence electrons. The number of carbonyl (C=O) groups is 3. The molecule has 3 aliphatic heterocycles. The molecule has 0 radical (unpaired) electrons. The number of ether oxygens (including phenoxy) is 2. The Kier molecular flexibility index (Phi) is 7.37. The Morgan fingerprint density at radius 3 is 2.57 bits per heavy atom. The van der Waals surface area contributed by atoms with E-state index in [4.69, 9.17) is 9.47 Å². The second-order valence-electron chi connectivity index (χ2n) is 12.8. The summed E-state index contributed by atoms with van der Waals surface area (Å²) < 4.78 is 12.0. The number of nitrogens with one attached hydrogen (secondary N) is 2. The fourth-order valence-corrected chi connectivity index (χ4v) is 7.73. The van der Waals surface area contributed by atoms with Gasteiger partial charge in [0.05, 0.1) is 25.0 Å². The Bertz CT molecular complexity index is 1420. The molecule has 3 heterocycles. The van der Waals surface area contributed by atoms with E-state index in [-0.39, 0.29) is 30.3 Å². The number of benzene rings is 2. The Labute approximate surface area is 247 Å². The molecule has 8 atom stereocenters. The number of carbonyl (C=O) groups excluding carboxylic acids is 3. The minimum atomic E-state index is -1.21. The van der Waals surface area contributed by atoms with E-state index in [1.165, 1.54) is 0 Å². The number of likely N-dealkylation sites (tertiary alicyclic amines) is 1. The average Bonchev–Trinajstić information content (AvgIpc) is 3.58. The zero-order chi connectivity index (χ0) is 29.8. The average molecular weight is 572 g/mol. The highest BCUT2D eigenvalue weighted by Gasteiger charge is 2.72. The molecule has 2 bridgehead atoms. The summed E-state index contributed by atoms with van der Waals surface area (Å²) in [6.07, 6.45) is 6.26. The van der Waals surface area contributed by atoms with Crippen LogP contribution in [0.1, 0.15) is 49.8 Å². The Morgan fingerprint density at radius 2 is 1.83 bits per heavy atom. The smallest absolute Gasteiger partial charge is 0.246 e. The lowest BCUT2D eigenvalue weighted by molar-refractivity contribution is -0.142. The molecule has 4 aliphatic rings. The lowest BCUT2D eigenvalue weighted by atomic mass is 9.73. The number of nitrogens with zero attached hydrogens (tertiary/aromatic N) is 1. The number of methoxy groups -OCH3 is 1. The van der Waals surface area contributed by atoms with Crippen LogP contribution < -0.4 is 15.4 Å². The van der Waals surface area contributed by atoms with Crippen molar-refractivity contribution in [3.05, 3.63) is 71.3 Å². The lowest BCUT2D eigenvalue weighted by Gasteiger charge is -2.38. The van der Waals surface area contributed by atoms with Gasteiger partial charge in [0.25, 0.3) is 0 Å². The third-order valence-electron chi connectivity index (χ3n) is 9.94. The van der Waals surface area contributed by atoms with Crippen molar-refractivity contribution in [2.45, 2.75) is 77.3 Å². The number of hydrogen-bond donors (Lipinski definition) is 2. The molecule has 2 saturated heterocycles. The van der Waals surface area contributed by atoms with E-state index in [0.29, 0.717) is 23.3 Å². The predicted molar refractivity (Wildman–Crippen MR) is 160 cm³/mol. The standard InChI is InChI=1S/C34H41N3O5/c1-19-14-20(2)16-24(15-19)35-31(38)28-27-12-13-34(42-27)29(28)33(40)37(18-23-9-7-10-25(17-23)41-5)30(34)32(39)36-26-11-6-8-21(3)22(26)4/h7,9-10,12-17,21-22,26-30H,6,8,11,18H2,1-5H3,(H,35,38)(H,36,39)/t21-,22+,26+,27+,28+,29+,30-,34-/m0/s1. The molecule has 2 aromatic carbocycles. The zero-order valence-electron chi connectivity index (χ0n) is 25.1. The molecule has 2 N–H and O–H groups in total. The van der Waals surface area contributed by atoms with Gasteiger partial charge in [-0.1, -0.05) is 57.0 Å². The van der Waals surface area contributed by atoms with Gasteiger partial charge >= 0.3 is 0 Å². The molecule has 8 heteroatoms. The molecular formula is C34H41N3O5. The van der Waals surface area contributed by atoms with Gasteiger partial charge in [-0.3, -0.25) is 14.4 Å². The molecule has 42 heavy (non-hydrogen) atoms. The molecule has 1 saturated carbocycles. The molecule has 8 nitrogen and oxygen atoms in total. The summed E-state index contributed by atoms with van der Waals surface area (Å²) in [4.78, 5) is 44.0. The summed E-state index contributed by atoms with van der Waals surface area (Å²) in [5.41, 5.74) is 2.39. The molecule has 2 aromatic rings. The highest BCUT2D eigenvalue weighted by molar-refractivity contribution is 6.02. The first-order chi connectivity index (χ1) is 20.1. The highest BCUT2D eigenvalue weighted by Crippen LogP contribution is 2.55. The van der Waals surface area contributed by atoms with Crippen molar-refractivity contribution in [2.24, 2.45) is 23.7 Å². The maximum absolute atomic E-state index is 14.4. The summed E-state index contributed by atoms with van der Waals surface area (Å²) >= 11 is 0. The number of hydrogen-bond acceptors (Lipinski definition) is 5. The van der Waals surface area contributed by atoms with E-state index >= 15 is 0 Å². The molecule has 6 rings (SSSR count). The predicted octanol–water partition coefficient (Wildman–Crippen LogP) is 4.54. The minimum Gasteiger partial charge on any atom is -0.497 e. The van der Waals surface area contributed by atoms with Crippen molar-refractivity contribution in [3.8, 4) is 5.75 Å². The first-order valence-corrected chi connectivity index (χ1v) is 15.1. The van der Waals surface area contributed by atoms with Crippen molar-refractivity contribution < 1.29 is 23.9 Å². The molecule has 3 amide bonds. The van der Waals surface area contributed by atoms with Crippen LogP contribution in [0.4, 0.5) is 5.69 Å². The summed E-state index contributed by atoms with van der Waals surface area (Å²) in [6.45, 7) is 8.59. The number of fused-ring (bicyclic) bond motifs is 1. The summed E-state index contributed by atoms with van der Waals surface area (Å²) in [7, 11) is 1.60. The van der Waals surface area contributed by atoms with Gasteiger partial charge in [-0.2, -0.15) is 0 Å². The van der Waals surface area contributed by atoms with E-state index in [9.17, 15) is 14.4 Å². The van der Waals surface area contributed by atoms with Gasteiger partial charge in [0, 0.05) is 18.3 Å². The van der Waals surface area contributed by atoms with Gasteiger partial charge in [0.15, 0.2) is 0 Å². The largest absolute Gasteiger partial charge is 0.497 e. The Morgan fingerprint density at radius 1 is 1.07 bits per heavy atom. The summed E-state index contributed by atoms with van der Waals surface area (Å²) in [5, 5.41) is 6.35. The van der Waals surface area contributed by atoms with Gasteiger partial charge in [0.2, 0.25) is 17.7 Å². The van der Waals surface area contributed by atoms with Crippen LogP contribution in [0.3, 0.4) is 0 Å². The van der Waals surface area contributed by atoms with Gasteiger partial charge in [-0.25, -0.2) is 0 Å².